The molecular weight excluding hydrogens is 312 g/mol. The number of nitrogens with zero attached hydrogens (tertiary/aromatic N) is 1. The van der Waals surface area contributed by atoms with Crippen LogP contribution in [0, 0.1) is 17.3 Å². The Kier molecular flexibility index (Phi) is 5.85. The van der Waals surface area contributed by atoms with Crippen molar-refractivity contribution < 1.29 is 9.59 Å². The maximum Gasteiger partial charge on any atom is 0.317 e. The maximum atomic E-state index is 12.4. The van der Waals surface area contributed by atoms with Gasteiger partial charge in [-0.1, -0.05) is 17.5 Å². The molecule has 0 saturated carbocycles. The van der Waals surface area contributed by atoms with E-state index in [9.17, 15) is 9.59 Å². The fourth-order valence-corrected chi connectivity index (χ4v) is 1.71. The molecule has 1 N–H and O–H groups in total. The van der Waals surface area contributed by atoms with Crippen LogP contribution in [0.1, 0.15) is 51.9 Å². The van der Waals surface area contributed by atoms with Gasteiger partial charge in [-0.3, -0.25) is 15.0 Å². The molecule has 0 bridgehead atoms. The first-order chi connectivity index (χ1) is 10.4. The summed E-state index contributed by atoms with van der Waals surface area (Å²) in [7, 11) is 0. The van der Waals surface area contributed by atoms with Crippen LogP contribution in [0.2, 0.25) is 5.02 Å². The lowest BCUT2D eigenvalue weighted by atomic mass is 9.98. The van der Waals surface area contributed by atoms with Crippen LogP contribution in [0.4, 0.5) is 0 Å². The summed E-state index contributed by atoms with van der Waals surface area (Å²) in [4.78, 5) is 24.7. The first kappa shape index (κ1) is 19.1. The SMILES string of the molecule is CC(C)(C)C#CC(=O)N(NC(=O)c1ccc(Cl)cc1)C(C)(C)C. The predicted molar refractivity (Wildman–Crippen MR) is 92.7 cm³/mol. The van der Waals surface area contributed by atoms with Crippen LogP contribution in [0.15, 0.2) is 24.3 Å². The largest absolute Gasteiger partial charge is 0.317 e. The van der Waals surface area contributed by atoms with Crippen molar-refractivity contribution in [2.45, 2.75) is 47.1 Å². The third-order valence-corrected chi connectivity index (χ3v) is 2.99. The van der Waals surface area contributed by atoms with Crippen molar-refractivity contribution >= 4 is 23.4 Å². The van der Waals surface area contributed by atoms with Gasteiger partial charge >= 0.3 is 5.91 Å². The molecule has 0 spiro atoms. The molecule has 0 aliphatic carbocycles. The van der Waals surface area contributed by atoms with E-state index in [1.54, 1.807) is 24.3 Å². The highest BCUT2D eigenvalue weighted by molar-refractivity contribution is 6.30. The zero-order chi connectivity index (χ0) is 17.8. The molecule has 0 atom stereocenters. The lowest BCUT2D eigenvalue weighted by Crippen LogP contribution is -2.55. The highest BCUT2D eigenvalue weighted by Crippen LogP contribution is 2.14. The van der Waals surface area contributed by atoms with Gasteiger partial charge in [0, 0.05) is 16.0 Å². The van der Waals surface area contributed by atoms with Crippen molar-refractivity contribution in [3.63, 3.8) is 0 Å². The Morgan fingerprint density at radius 1 is 1.04 bits per heavy atom. The second-order valence-corrected chi connectivity index (χ2v) is 7.70. The monoisotopic (exact) mass is 334 g/mol. The van der Waals surface area contributed by atoms with Gasteiger partial charge in [0.05, 0.1) is 5.54 Å². The van der Waals surface area contributed by atoms with E-state index in [1.165, 1.54) is 5.01 Å². The van der Waals surface area contributed by atoms with Crippen molar-refractivity contribution in [3.8, 4) is 11.8 Å². The van der Waals surface area contributed by atoms with Crippen LogP contribution in [-0.2, 0) is 4.79 Å². The first-order valence-corrected chi connectivity index (χ1v) is 7.72. The fraction of sp³-hybridized carbons (Fsp3) is 0.444. The number of hydrazine groups is 1. The van der Waals surface area contributed by atoms with Gasteiger partial charge in [-0.25, -0.2) is 5.01 Å². The lowest BCUT2D eigenvalue weighted by molar-refractivity contribution is -0.132. The van der Waals surface area contributed by atoms with E-state index < -0.39 is 11.4 Å². The second-order valence-electron chi connectivity index (χ2n) is 7.26. The number of rotatable bonds is 1. The third-order valence-electron chi connectivity index (χ3n) is 2.74. The average molecular weight is 335 g/mol. The minimum Gasteiger partial charge on any atom is -0.267 e. The fourth-order valence-electron chi connectivity index (χ4n) is 1.59. The van der Waals surface area contributed by atoms with Crippen LogP contribution < -0.4 is 5.43 Å². The van der Waals surface area contributed by atoms with E-state index in [4.69, 9.17) is 11.6 Å². The van der Waals surface area contributed by atoms with E-state index in [1.807, 2.05) is 41.5 Å². The molecule has 2 amide bonds. The van der Waals surface area contributed by atoms with Crippen molar-refractivity contribution in [2.24, 2.45) is 5.41 Å². The molecule has 0 saturated heterocycles. The Bertz CT molecular complexity index is 641. The number of amides is 2. The van der Waals surface area contributed by atoms with E-state index in [0.29, 0.717) is 10.6 Å². The molecule has 5 heteroatoms. The Hall–Kier alpha value is -1.99. The van der Waals surface area contributed by atoms with Gasteiger partial charge in [-0.2, -0.15) is 0 Å². The minimum atomic E-state index is -0.605. The van der Waals surface area contributed by atoms with Gasteiger partial charge < -0.3 is 0 Å². The molecule has 0 radical (unpaired) electrons. The Labute approximate surface area is 143 Å². The summed E-state index contributed by atoms with van der Waals surface area (Å²) < 4.78 is 0. The van der Waals surface area contributed by atoms with Crippen LogP contribution in [0.3, 0.4) is 0 Å². The third kappa shape index (κ3) is 6.33. The number of benzene rings is 1. The first-order valence-electron chi connectivity index (χ1n) is 7.34. The molecule has 1 rings (SSSR count). The Morgan fingerprint density at radius 3 is 2.00 bits per heavy atom. The average Bonchev–Trinajstić information content (AvgIpc) is 2.40. The number of nitrogens with one attached hydrogen (secondary N) is 1. The van der Waals surface area contributed by atoms with Gasteiger partial charge in [0.25, 0.3) is 5.91 Å². The molecule has 0 aromatic heterocycles. The molecule has 23 heavy (non-hydrogen) atoms. The summed E-state index contributed by atoms with van der Waals surface area (Å²) in [6.07, 6.45) is 0. The molecule has 0 aliphatic rings. The van der Waals surface area contributed by atoms with Gasteiger partial charge in [0.2, 0.25) is 0 Å². The van der Waals surface area contributed by atoms with E-state index in [-0.39, 0.29) is 11.3 Å². The zero-order valence-electron chi connectivity index (χ0n) is 14.5. The quantitative estimate of drug-likeness (QED) is 0.629. The van der Waals surface area contributed by atoms with Crippen molar-refractivity contribution in [3.05, 3.63) is 34.9 Å². The van der Waals surface area contributed by atoms with E-state index in [0.717, 1.165) is 0 Å². The summed E-state index contributed by atoms with van der Waals surface area (Å²) >= 11 is 5.81. The minimum absolute atomic E-state index is 0.292. The number of carbonyl (C=O) groups is 2. The topological polar surface area (TPSA) is 49.4 Å². The van der Waals surface area contributed by atoms with Gasteiger partial charge in [0.1, 0.15) is 0 Å². The summed E-state index contributed by atoms with van der Waals surface area (Å²) in [5.74, 6) is 4.65. The molecule has 0 fully saturated rings. The van der Waals surface area contributed by atoms with E-state index >= 15 is 0 Å². The molecule has 0 unspecified atom stereocenters. The number of carbonyl (C=O) groups excluding carboxylic acids is 2. The highest BCUT2D eigenvalue weighted by atomic mass is 35.5. The second kappa shape index (κ2) is 7.06. The van der Waals surface area contributed by atoms with Crippen LogP contribution in [0.25, 0.3) is 0 Å². The molecular formula is C18H23ClN2O2. The maximum absolute atomic E-state index is 12.4. The Balaban J connectivity index is 2.99. The van der Waals surface area contributed by atoms with Crippen molar-refractivity contribution in [1.82, 2.24) is 10.4 Å². The zero-order valence-corrected chi connectivity index (χ0v) is 15.2. The van der Waals surface area contributed by atoms with Crippen molar-refractivity contribution in [2.75, 3.05) is 0 Å². The van der Waals surface area contributed by atoms with Crippen LogP contribution in [-0.4, -0.2) is 22.4 Å². The molecule has 4 nitrogen and oxygen atoms in total. The summed E-state index contributed by atoms with van der Waals surface area (Å²) in [5, 5.41) is 1.80. The predicted octanol–water partition coefficient (Wildman–Crippen LogP) is 3.66. The van der Waals surface area contributed by atoms with Gasteiger partial charge in [-0.05, 0) is 71.7 Å². The lowest BCUT2D eigenvalue weighted by Gasteiger charge is -2.34. The number of hydrogen-bond donors (Lipinski definition) is 1. The highest BCUT2D eigenvalue weighted by Gasteiger charge is 2.28. The summed E-state index contributed by atoms with van der Waals surface area (Å²) in [6.45, 7) is 11.2. The molecule has 0 aliphatic heterocycles. The van der Waals surface area contributed by atoms with Gasteiger partial charge in [0.15, 0.2) is 0 Å². The molecule has 124 valence electrons. The van der Waals surface area contributed by atoms with E-state index in [2.05, 4.69) is 17.3 Å². The normalized spacial score (nSPS) is 11.3. The molecule has 0 heterocycles. The van der Waals surface area contributed by atoms with Crippen molar-refractivity contribution in [1.29, 1.82) is 0 Å². The van der Waals surface area contributed by atoms with Crippen LogP contribution >= 0.6 is 11.6 Å². The smallest absolute Gasteiger partial charge is 0.267 e. The number of hydrogen-bond acceptors (Lipinski definition) is 2. The van der Waals surface area contributed by atoms with Crippen LogP contribution in [0.5, 0.6) is 0 Å². The molecule has 1 aromatic rings. The van der Waals surface area contributed by atoms with Gasteiger partial charge in [-0.15, -0.1) is 0 Å². The number of halogens is 1. The Morgan fingerprint density at radius 2 is 1.57 bits per heavy atom. The standard InChI is InChI=1S/C18H23ClN2O2/c1-17(2,3)12-11-15(22)21(18(4,5)6)20-16(23)13-7-9-14(19)10-8-13/h7-10H,1-6H3,(H,20,23). The summed E-state index contributed by atoms with van der Waals surface area (Å²) in [5.41, 5.74) is 2.15. The summed E-state index contributed by atoms with van der Waals surface area (Å²) in [6, 6.07) is 6.45. The molecule has 1 aromatic carbocycles.